The van der Waals surface area contributed by atoms with Crippen molar-refractivity contribution in [1.82, 2.24) is 0 Å². The smallest absolute Gasteiger partial charge is 0.136 e. The molecule has 0 spiro atoms. The first-order valence-electron chi connectivity index (χ1n) is 24.7. The number of furan rings is 2. The Labute approximate surface area is 413 Å². The molecule has 16 rings (SSSR count). The molecule has 0 fully saturated rings. The number of anilines is 6. The van der Waals surface area contributed by atoms with E-state index >= 15 is 0 Å². The van der Waals surface area contributed by atoms with Gasteiger partial charge in [0.15, 0.2) is 0 Å². The molecule has 14 aromatic carbocycles. The minimum absolute atomic E-state index is 0.892. The molecule has 2 heterocycles. The lowest BCUT2D eigenvalue weighted by molar-refractivity contribution is 0.669. The molecule has 16 aromatic rings. The van der Waals surface area contributed by atoms with Crippen LogP contribution in [0.4, 0.5) is 34.1 Å². The van der Waals surface area contributed by atoms with Gasteiger partial charge in [0.1, 0.15) is 22.3 Å². The number of rotatable bonds is 8. The highest BCUT2D eigenvalue weighted by Gasteiger charge is 2.28. The Kier molecular flexibility index (Phi) is 8.14. The molecule has 334 valence electrons. The van der Waals surface area contributed by atoms with Gasteiger partial charge in [0.25, 0.3) is 0 Å². The molecule has 4 heteroatoms. The van der Waals surface area contributed by atoms with E-state index in [2.05, 4.69) is 252 Å². The molecule has 0 saturated carbocycles. The first kappa shape index (κ1) is 39.2. The van der Waals surface area contributed by atoms with Gasteiger partial charge in [-0.2, -0.15) is 0 Å². The zero-order chi connectivity index (χ0) is 47.0. The average Bonchev–Trinajstić information content (AvgIpc) is 4.03. The third kappa shape index (κ3) is 5.52. The molecule has 0 N–H and O–H groups in total. The van der Waals surface area contributed by atoms with Crippen molar-refractivity contribution < 1.29 is 8.83 Å². The van der Waals surface area contributed by atoms with Gasteiger partial charge in [-0.05, 0) is 104 Å². The monoisotopic (exact) mass is 916 g/mol. The highest BCUT2D eigenvalue weighted by Crippen LogP contribution is 2.53. The van der Waals surface area contributed by atoms with Crippen LogP contribution in [0.3, 0.4) is 0 Å². The van der Waals surface area contributed by atoms with Crippen molar-refractivity contribution in [3.8, 4) is 22.3 Å². The van der Waals surface area contributed by atoms with Gasteiger partial charge in [0.2, 0.25) is 0 Å². The summed E-state index contributed by atoms with van der Waals surface area (Å²) in [5.41, 5.74) is 14.8. The molecule has 0 aliphatic rings. The van der Waals surface area contributed by atoms with Gasteiger partial charge in [-0.25, -0.2) is 0 Å². The zero-order valence-corrected chi connectivity index (χ0v) is 38.8. The SMILES string of the molecule is c1ccc(-c2ccccc2N(c2ccc3ccc4c(N(c5ccccc5-c5ccccc5)c5ccc6oc7cccc8ccc5c6c87)ccc5ccc2c3c54)c2ccc3oc4cccc5ccc2c3c54)cc1. The predicted octanol–water partition coefficient (Wildman–Crippen LogP) is 19.8. The minimum atomic E-state index is 0.892. The van der Waals surface area contributed by atoms with E-state index in [1.807, 2.05) is 0 Å². The van der Waals surface area contributed by atoms with Crippen LogP contribution in [0.5, 0.6) is 0 Å². The Morgan fingerprint density at radius 3 is 0.972 bits per heavy atom. The average molecular weight is 917 g/mol. The number of nitrogens with zero attached hydrogens (tertiary/aromatic N) is 2. The number of hydrogen-bond acceptors (Lipinski definition) is 4. The van der Waals surface area contributed by atoms with E-state index in [1.54, 1.807) is 0 Å². The van der Waals surface area contributed by atoms with Crippen molar-refractivity contribution in [2.24, 2.45) is 0 Å². The van der Waals surface area contributed by atoms with Crippen LogP contribution in [0.15, 0.2) is 251 Å². The summed E-state index contributed by atoms with van der Waals surface area (Å²) in [6.07, 6.45) is 0. The van der Waals surface area contributed by atoms with E-state index in [-0.39, 0.29) is 0 Å². The normalized spacial score (nSPS) is 12.2. The molecule has 2 aromatic heterocycles. The summed E-state index contributed by atoms with van der Waals surface area (Å²) in [5.74, 6) is 0. The van der Waals surface area contributed by atoms with Crippen molar-refractivity contribution in [3.05, 3.63) is 243 Å². The van der Waals surface area contributed by atoms with Crippen LogP contribution in [0, 0.1) is 0 Å². The van der Waals surface area contributed by atoms with Crippen LogP contribution in [-0.4, -0.2) is 0 Å². The zero-order valence-electron chi connectivity index (χ0n) is 38.8. The van der Waals surface area contributed by atoms with E-state index < -0.39 is 0 Å². The highest BCUT2D eigenvalue weighted by atomic mass is 16.3. The largest absolute Gasteiger partial charge is 0.456 e. The summed E-state index contributed by atoms with van der Waals surface area (Å²) in [4.78, 5) is 5.00. The lowest BCUT2D eigenvalue weighted by Crippen LogP contribution is -2.13. The van der Waals surface area contributed by atoms with Gasteiger partial charge in [-0.3, -0.25) is 0 Å². The van der Waals surface area contributed by atoms with Crippen molar-refractivity contribution >= 4 is 132 Å². The molecule has 0 atom stereocenters. The second-order valence-corrected chi connectivity index (χ2v) is 19.1. The van der Waals surface area contributed by atoms with Crippen LogP contribution in [0.25, 0.3) is 120 Å². The maximum absolute atomic E-state index is 6.55. The summed E-state index contributed by atoms with van der Waals surface area (Å²) in [5, 5.41) is 16.4. The van der Waals surface area contributed by atoms with Gasteiger partial charge in [-0.15, -0.1) is 0 Å². The Bertz CT molecular complexity index is 4460. The van der Waals surface area contributed by atoms with Gasteiger partial charge >= 0.3 is 0 Å². The second kappa shape index (κ2) is 14.9. The van der Waals surface area contributed by atoms with Gasteiger partial charge in [0, 0.05) is 54.2 Å². The third-order valence-electron chi connectivity index (χ3n) is 15.3. The van der Waals surface area contributed by atoms with Crippen LogP contribution in [0.1, 0.15) is 0 Å². The van der Waals surface area contributed by atoms with Crippen LogP contribution < -0.4 is 9.80 Å². The first-order chi connectivity index (χ1) is 35.7. The summed E-state index contributed by atoms with van der Waals surface area (Å²) in [6.45, 7) is 0. The minimum Gasteiger partial charge on any atom is -0.456 e. The maximum atomic E-state index is 6.55. The Balaban J connectivity index is 0.986. The summed E-state index contributed by atoms with van der Waals surface area (Å²) in [6, 6.07) is 88.4. The topological polar surface area (TPSA) is 32.8 Å². The number of benzene rings is 14. The molecule has 0 amide bonds. The molecule has 0 aliphatic heterocycles. The molecular formula is C68H40N2O2. The summed E-state index contributed by atoms with van der Waals surface area (Å²) in [7, 11) is 0. The van der Waals surface area contributed by atoms with Crippen LogP contribution >= 0.6 is 0 Å². The van der Waals surface area contributed by atoms with E-state index in [1.165, 1.54) is 43.1 Å². The Morgan fingerprint density at radius 1 is 0.208 bits per heavy atom. The molecule has 4 nitrogen and oxygen atoms in total. The van der Waals surface area contributed by atoms with E-state index in [0.29, 0.717) is 0 Å². The molecule has 0 radical (unpaired) electrons. The highest BCUT2D eigenvalue weighted by molar-refractivity contribution is 6.31. The second-order valence-electron chi connectivity index (χ2n) is 19.1. The molecule has 0 aliphatic carbocycles. The lowest BCUT2D eigenvalue weighted by Gasteiger charge is -2.32. The third-order valence-corrected chi connectivity index (χ3v) is 15.3. The molecule has 0 bridgehead atoms. The van der Waals surface area contributed by atoms with E-state index in [9.17, 15) is 0 Å². The molecular weight excluding hydrogens is 877 g/mol. The summed E-state index contributed by atoms with van der Waals surface area (Å²) < 4.78 is 13.1. The van der Waals surface area contributed by atoms with Gasteiger partial charge < -0.3 is 18.6 Å². The Hall–Kier alpha value is -9.64. The van der Waals surface area contributed by atoms with Crippen LogP contribution in [-0.2, 0) is 0 Å². The lowest BCUT2D eigenvalue weighted by atomic mass is 9.91. The first-order valence-corrected chi connectivity index (χ1v) is 24.7. The van der Waals surface area contributed by atoms with Crippen molar-refractivity contribution in [2.45, 2.75) is 0 Å². The number of hydrogen-bond donors (Lipinski definition) is 0. The van der Waals surface area contributed by atoms with Crippen LogP contribution in [0.2, 0.25) is 0 Å². The quantitative estimate of drug-likeness (QED) is 0.142. The van der Waals surface area contributed by atoms with E-state index in [4.69, 9.17) is 8.83 Å². The molecule has 0 saturated heterocycles. The molecule has 72 heavy (non-hydrogen) atoms. The van der Waals surface area contributed by atoms with Crippen molar-refractivity contribution in [3.63, 3.8) is 0 Å². The van der Waals surface area contributed by atoms with Crippen molar-refractivity contribution in [2.75, 3.05) is 9.80 Å². The standard InChI is InChI=1S/C68H40N2O2/c1-3-13-41(14-4-1)47-19-7-9-21-53(47)69(57-37-39-61-67-51(57)33-25-43-17-11-23-59(71-61)65(43)67)55-35-29-45-28-32-50-56(36-30-46-27-31-49(55)63(45)64(46)50)70(54-22-10-8-20-48(54)42-15-5-2-6-16-42)58-38-40-62-68-52(58)34-26-44-18-12-24-60(72-62)66(44)68/h1-40H. The fraction of sp³-hybridized carbons (Fsp3) is 0. The summed E-state index contributed by atoms with van der Waals surface area (Å²) >= 11 is 0. The fourth-order valence-corrected chi connectivity index (χ4v) is 12.3. The fourth-order valence-electron chi connectivity index (χ4n) is 12.3. The molecule has 0 unspecified atom stereocenters. The van der Waals surface area contributed by atoms with Gasteiger partial charge in [-0.1, -0.05) is 182 Å². The van der Waals surface area contributed by atoms with Crippen molar-refractivity contribution in [1.29, 1.82) is 0 Å². The predicted molar refractivity (Wildman–Crippen MR) is 302 cm³/mol. The maximum Gasteiger partial charge on any atom is 0.136 e. The van der Waals surface area contributed by atoms with E-state index in [0.717, 1.165) is 111 Å². The van der Waals surface area contributed by atoms with Gasteiger partial charge in [0.05, 0.1) is 34.1 Å². The Morgan fingerprint density at radius 2 is 0.542 bits per heavy atom. The number of para-hydroxylation sites is 2.